The number of hydrogen-bond acceptors (Lipinski definition) is 1. The third kappa shape index (κ3) is 3.79. The lowest BCUT2D eigenvalue weighted by Gasteiger charge is -2.16. The van der Waals surface area contributed by atoms with Crippen LogP contribution in [0, 0.1) is 0 Å². The zero-order chi connectivity index (χ0) is 14.3. The maximum Gasteiger partial charge on any atom is 0.272 e. The van der Waals surface area contributed by atoms with Gasteiger partial charge in [0.1, 0.15) is 0 Å². The van der Waals surface area contributed by atoms with Gasteiger partial charge in [-0.1, -0.05) is 91.0 Å². The zero-order valence-corrected chi connectivity index (χ0v) is 13.6. The van der Waals surface area contributed by atoms with Crippen LogP contribution in [0.4, 0.5) is 0 Å². The standard InChI is InChI=1S/C18H15OSi2/c1-4-10-16(11-5-1)20-19-21(17-12-6-2-7-13-17)18-14-8-3-9-15-18/h1-15H. The molecule has 0 fully saturated rings. The molecule has 0 aliphatic heterocycles. The fourth-order valence-electron chi connectivity index (χ4n) is 2.08. The van der Waals surface area contributed by atoms with Crippen molar-refractivity contribution in [3.8, 4) is 0 Å². The molecule has 0 aliphatic carbocycles. The molecular weight excluding hydrogens is 288 g/mol. The molecule has 0 saturated heterocycles. The summed E-state index contributed by atoms with van der Waals surface area (Å²) in [6.07, 6.45) is 0. The molecule has 0 heterocycles. The number of hydrogen-bond donors (Lipinski definition) is 0. The molecule has 3 rings (SSSR count). The fourth-order valence-corrected chi connectivity index (χ4v) is 5.55. The topological polar surface area (TPSA) is 9.23 Å². The van der Waals surface area contributed by atoms with Crippen LogP contribution in [0.5, 0.6) is 0 Å². The summed E-state index contributed by atoms with van der Waals surface area (Å²) in [7, 11) is -0.804. The Hall–Kier alpha value is -1.95. The molecule has 3 aromatic carbocycles. The highest BCUT2D eigenvalue weighted by molar-refractivity contribution is 6.83. The average Bonchev–Trinajstić information content (AvgIpc) is 2.58. The van der Waals surface area contributed by atoms with Gasteiger partial charge in [0.05, 0.1) is 0 Å². The molecule has 0 aliphatic rings. The first-order valence-corrected chi connectivity index (χ1v) is 9.21. The maximum atomic E-state index is 6.33. The molecular formula is C18H15OSi2. The minimum atomic E-state index is -1.19. The van der Waals surface area contributed by atoms with E-state index in [2.05, 4.69) is 72.8 Å². The Morgan fingerprint density at radius 3 is 1.48 bits per heavy atom. The van der Waals surface area contributed by atoms with E-state index >= 15 is 0 Å². The van der Waals surface area contributed by atoms with Crippen molar-refractivity contribution in [1.29, 1.82) is 0 Å². The van der Waals surface area contributed by atoms with Gasteiger partial charge in [0, 0.05) is 0 Å². The van der Waals surface area contributed by atoms with Gasteiger partial charge in [0.25, 0.3) is 18.8 Å². The second-order valence-electron chi connectivity index (χ2n) is 4.63. The average molecular weight is 303 g/mol. The van der Waals surface area contributed by atoms with Crippen LogP contribution in [-0.4, -0.2) is 18.8 Å². The second kappa shape index (κ2) is 7.17. The summed E-state index contributed by atoms with van der Waals surface area (Å²) in [5.74, 6) is 0. The van der Waals surface area contributed by atoms with Gasteiger partial charge in [0.2, 0.25) is 0 Å². The van der Waals surface area contributed by atoms with Gasteiger partial charge in [-0.3, -0.25) is 0 Å². The number of benzene rings is 3. The molecule has 3 radical (unpaired) electrons. The largest absolute Gasteiger partial charge is 0.446 e. The van der Waals surface area contributed by atoms with Gasteiger partial charge in [0.15, 0.2) is 0 Å². The summed E-state index contributed by atoms with van der Waals surface area (Å²) >= 11 is 0. The van der Waals surface area contributed by atoms with E-state index in [1.807, 2.05) is 18.2 Å². The predicted octanol–water partition coefficient (Wildman–Crippen LogP) is 1.75. The molecule has 3 heteroatoms. The van der Waals surface area contributed by atoms with Gasteiger partial charge in [-0.05, 0) is 15.6 Å². The molecule has 0 atom stereocenters. The predicted molar refractivity (Wildman–Crippen MR) is 90.8 cm³/mol. The van der Waals surface area contributed by atoms with E-state index in [4.69, 9.17) is 4.12 Å². The fraction of sp³-hybridized carbons (Fsp3) is 0. The summed E-state index contributed by atoms with van der Waals surface area (Å²) in [5.41, 5.74) is 0. The van der Waals surface area contributed by atoms with Crippen molar-refractivity contribution in [3.63, 3.8) is 0 Å². The van der Waals surface area contributed by atoms with Crippen LogP contribution < -0.4 is 15.6 Å². The molecule has 0 spiro atoms. The van der Waals surface area contributed by atoms with Crippen molar-refractivity contribution in [2.75, 3.05) is 0 Å². The Labute approximate surface area is 129 Å². The second-order valence-corrected chi connectivity index (χ2v) is 8.04. The first-order valence-electron chi connectivity index (χ1n) is 6.89. The Balaban J connectivity index is 1.83. The van der Waals surface area contributed by atoms with E-state index in [1.165, 1.54) is 15.6 Å². The van der Waals surface area contributed by atoms with Gasteiger partial charge < -0.3 is 4.12 Å². The monoisotopic (exact) mass is 303 g/mol. The molecule has 0 aromatic heterocycles. The first kappa shape index (κ1) is 14.0. The highest BCUT2D eigenvalue weighted by Crippen LogP contribution is 1.94. The van der Waals surface area contributed by atoms with Crippen molar-refractivity contribution < 1.29 is 4.12 Å². The third-order valence-electron chi connectivity index (χ3n) is 3.12. The van der Waals surface area contributed by atoms with Crippen LogP contribution in [0.2, 0.25) is 0 Å². The molecule has 101 valence electrons. The minimum Gasteiger partial charge on any atom is -0.446 e. The van der Waals surface area contributed by atoms with Crippen LogP contribution in [0.15, 0.2) is 91.0 Å². The Bertz CT molecular complexity index is 617. The summed E-state index contributed by atoms with van der Waals surface area (Å²) < 4.78 is 6.33. The summed E-state index contributed by atoms with van der Waals surface area (Å²) in [4.78, 5) is 0. The molecule has 0 saturated carbocycles. The van der Waals surface area contributed by atoms with E-state index < -0.39 is 9.04 Å². The lowest BCUT2D eigenvalue weighted by Crippen LogP contribution is -2.47. The highest BCUT2D eigenvalue weighted by Gasteiger charge is 2.19. The first-order chi connectivity index (χ1) is 10.4. The van der Waals surface area contributed by atoms with Crippen LogP contribution in [0.1, 0.15) is 0 Å². The minimum absolute atomic E-state index is 0.381. The van der Waals surface area contributed by atoms with E-state index in [0.29, 0.717) is 9.76 Å². The van der Waals surface area contributed by atoms with Gasteiger partial charge in [-0.15, -0.1) is 0 Å². The Morgan fingerprint density at radius 1 is 0.571 bits per heavy atom. The van der Waals surface area contributed by atoms with E-state index in [0.717, 1.165) is 0 Å². The molecule has 0 bridgehead atoms. The van der Waals surface area contributed by atoms with Crippen LogP contribution in [-0.2, 0) is 4.12 Å². The normalized spacial score (nSPS) is 10.7. The summed E-state index contributed by atoms with van der Waals surface area (Å²) in [6.45, 7) is 0. The van der Waals surface area contributed by atoms with Crippen LogP contribution in [0.3, 0.4) is 0 Å². The smallest absolute Gasteiger partial charge is 0.272 e. The van der Waals surface area contributed by atoms with Crippen LogP contribution in [0.25, 0.3) is 0 Å². The van der Waals surface area contributed by atoms with Crippen molar-refractivity contribution in [2.24, 2.45) is 0 Å². The quantitative estimate of drug-likeness (QED) is 0.653. The van der Waals surface area contributed by atoms with Gasteiger partial charge in [-0.25, -0.2) is 0 Å². The van der Waals surface area contributed by atoms with Crippen LogP contribution >= 0.6 is 0 Å². The Kier molecular flexibility index (Phi) is 4.79. The van der Waals surface area contributed by atoms with Gasteiger partial charge in [-0.2, -0.15) is 0 Å². The zero-order valence-electron chi connectivity index (χ0n) is 11.6. The molecule has 21 heavy (non-hydrogen) atoms. The molecule has 3 aromatic rings. The van der Waals surface area contributed by atoms with Crippen molar-refractivity contribution >= 4 is 34.4 Å². The maximum absolute atomic E-state index is 6.33. The van der Waals surface area contributed by atoms with Crippen molar-refractivity contribution in [2.45, 2.75) is 0 Å². The molecule has 1 nitrogen and oxygen atoms in total. The van der Waals surface area contributed by atoms with Crippen molar-refractivity contribution in [3.05, 3.63) is 91.0 Å². The SMILES string of the molecule is c1ccc([Si]O[Si](c2ccccc2)c2ccccc2)cc1. The third-order valence-corrected chi connectivity index (χ3v) is 6.63. The molecule has 0 unspecified atom stereocenters. The van der Waals surface area contributed by atoms with E-state index in [9.17, 15) is 0 Å². The summed E-state index contributed by atoms with van der Waals surface area (Å²) in [6, 6.07) is 31.5. The molecule has 0 N–H and O–H groups in total. The number of rotatable bonds is 5. The van der Waals surface area contributed by atoms with Gasteiger partial charge >= 0.3 is 0 Å². The lowest BCUT2D eigenvalue weighted by molar-refractivity contribution is 0.648. The molecule has 0 amide bonds. The van der Waals surface area contributed by atoms with E-state index in [1.54, 1.807) is 0 Å². The Morgan fingerprint density at radius 2 is 1.00 bits per heavy atom. The van der Waals surface area contributed by atoms with Crippen molar-refractivity contribution in [1.82, 2.24) is 0 Å². The van der Waals surface area contributed by atoms with E-state index in [-0.39, 0.29) is 0 Å². The summed E-state index contributed by atoms with van der Waals surface area (Å²) in [5, 5.41) is 3.82. The lowest BCUT2D eigenvalue weighted by atomic mass is 10.4. The highest BCUT2D eigenvalue weighted by atomic mass is 28.3.